The third-order valence-electron chi connectivity index (χ3n) is 6.35. The summed E-state index contributed by atoms with van der Waals surface area (Å²) in [5.74, 6) is -0.0726. The number of aromatic nitrogens is 1. The van der Waals surface area contributed by atoms with Crippen molar-refractivity contribution >= 4 is 34.2 Å². The minimum atomic E-state index is -0.344. The van der Waals surface area contributed by atoms with E-state index in [4.69, 9.17) is 4.74 Å². The number of fused-ring (bicyclic) bond motifs is 1. The van der Waals surface area contributed by atoms with E-state index >= 15 is 0 Å². The number of nitrogens with one attached hydrogen (secondary N) is 3. The Balaban J connectivity index is 1.57. The van der Waals surface area contributed by atoms with Gasteiger partial charge in [-0.05, 0) is 67.3 Å². The Morgan fingerprint density at radius 1 is 0.861 bits per heavy atom. The Bertz CT molecular complexity index is 1420. The molecule has 1 aliphatic rings. The van der Waals surface area contributed by atoms with Crippen LogP contribution >= 0.6 is 0 Å². The number of urea groups is 1. The lowest BCUT2D eigenvalue weighted by molar-refractivity contribution is 0.0300. The number of aromatic amines is 1. The van der Waals surface area contributed by atoms with Gasteiger partial charge in [-0.25, -0.2) is 4.79 Å². The van der Waals surface area contributed by atoms with Crippen molar-refractivity contribution in [1.82, 2.24) is 9.88 Å². The highest BCUT2D eigenvalue weighted by atomic mass is 16.5. The molecule has 0 saturated carbocycles. The lowest BCUT2D eigenvalue weighted by atomic mass is 9.99. The highest BCUT2D eigenvalue weighted by Gasteiger charge is 2.26. The van der Waals surface area contributed by atoms with E-state index in [1.54, 1.807) is 0 Å². The first-order valence-corrected chi connectivity index (χ1v) is 12.1. The first-order valence-electron chi connectivity index (χ1n) is 12.1. The number of rotatable bonds is 4. The fourth-order valence-electron chi connectivity index (χ4n) is 4.86. The number of nitrogens with zero attached hydrogens (tertiary/aromatic N) is 1. The maximum absolute atomic E-state index is 13.6. The summed E-state index contributed by atoms with van der Waals surface area (Å²) in [6, 6.07) is 19.4. The average Bonchev–Trinajstić information content (AvgIpc) is 3.23. The maximum atomic E-state index is 13.6. The van der Waals surface area contributed by atoms with Crippen molar-refractivity contribution in [1.29, 1.82) is 0 Å². The summed E-state index contributed by atoms with van der Waals surface area (Å²) in [6.45, 7) is 8.12. The van der Waals surface area contributed by atoms with Gasteiger partial charge < -0.3 is 25.3 Å². The molecule has 0 radical (unpaired) electrons. The summed E-state index contributed by atoms with van der Waals surface area (Å²) in [5.41, 5.74) is 7.48. The van der Waals surface area contributed by atoms with Gasteiger partial charge in [0, 0.05) is 29.7 Å². The normalized spacial score (nSPS) is 13.6. The first kappa shape index (κ1) is 23.6. The van der Waals surface area contributed by atoms with Gasteiger partial charge in [-0.1, -0.05) is 36.4 Å². The second-order valence-corrected chi connectivity index (χ2v) is 9.34. The number of hydrogen-bond donors (Lipinski definition) is 3. The van der Waals surface area contributed by atoms with Gasteiger partial charge >= 0.3 is 6.03 Å². The molecule has 5 rings (SSSR count). The number of benzene rings is 3. The number of carbonyl (C=O) groups is 2. The SMILES string of the molecule is Cc1cc(C)cc(NC(=O)Nc2cc(C)cc3c(-c4ccccc4)c(C(=O)N4CCOCC4)[nH]c23)c1. The van der Waals surface area contributed by atoms with Crippen LogP contribution in [0.3, 0.4) is 0 Å². The van der Waals surface area contributed by atoms with Crippen LogP contribution in [0.4, 0.5) is 16.2 Å². The minimum absolute atomic E-state index is 0.0726. The molecule has 4 aromatic rings. The van der Waals surface area contributed by atoms with Crippen LogP contribution in [0.5, 0.6) is 0 Å². The van der Waals surface area contributed by atoms with Crippen molar-refractivity contribution in [2.75, 3.05) is 36.9 Å². The molecule has 0 aliphatic carbocycles. The first-order chi connectivity index (χ1) is 17.4. The van der Waals surface area contributed by atoms with E-state index < -0.39 is 0 Å². The number of carbonyl (C=O) groups excluding carboxylic acids is 2. The Hall–Kier alpha value is -4.10. The molecule has 1 aromatic heterocycles. The van der Waals surface area contributed by atoms with Gasteiger partial charge in [0.15, 0.2) is 0 Å². The number of amides is 3. The number of H-pyrrole nitrogens is 1. The van der Waals surface area contributed by atoms with E-state index in [9.17, 15) is 9.59 Å². The molecule has 1 aliphatic heterocycles. The predicted octanol–water partition coefficient (Wildman–Crippen LogP) is 5.88. The zero-order valence-electron chi connectivity index (χ0n) is 20.8. The Morgan fingerprint density at radius 3 is 2.22 bits per heavy atom. The molecular formula is C29H30N4O3. The van der Waals surface area contributed by atoms with Crippen molar-refractivity contribution < 1.29 is 14.3 Å². The Labute approximate surface area is 210 Å². The van der Waals surface area contributed by atoms with Gasteiger partial charge in [-0.2, -0.15) is 0 Å². The number of hydrogen-bond acceptors (Lipinski definition) is 3. The third kappa shape index (κ3) is 4.83. The quantitative estimate of drug-likeness (QED) is 0.340. The molecule has 3 aromatic carbocycles. The van der Waals surface area contributed by atoms with E-state index in [1.807, 2.05) is 74.2 Å². The molecule has 1 saturated heterocycles. The van der Waals surface area contributed by atoms with Crippen molar-refractivity contribution in [3.8, 4) is 11.1 Å². The zero-order chi connectivity index (χ0) is 25.2. The van der Waals surface area contributed by atoms with Crippen molar-refractivity contribution in [3.63, 3.8) is 0 Å². The van der Waals surface area contributed by atoms with Gasteiger partial charge in [-0.3, -0.25) is 4.79 Å². The molecule has 1 fully saturated rings. The standard InChI is InChI=1S/C29H30N4O3/c1-18-13-19(2)15-22(14-18)30-29(35)31-24-17-20(3)16-23-25(21-7-5-4-6-8-21)27(32-26(23)24)28(34)33-9-11-36-12-10-33/h4-8,13-17,32H,9-12H2,1-3H3,(H2,30,31,35). The highest BCUT2D eigenvalue weighted by molar-refractivity contribution is 6.14. The van der Waals surface area contributed by atoms with E-state index in [-0.39, 0.29) is 11.9 Å². The lowest BCUT2D eigenvalue weighted by Gasteiger charge is -2.26. The average molecular weight is 483 g/mol. The van der Waals surface area contributed by atoms with Crippen LogP contribution < -0.4 is 10.6 Å². The molecule has 3 amide bonds. The topological polar surface area (TPSA) is 86.5 Å². The van der Waals surface area contributed by atoms with Gasteiger partial charge in [-0.15, -0.1) is 0 Å². The highest BCUT2D eigenvalue weighted by Crippen LogP contribution is 2.37. The summed E-state index contributed by atoms with van der Waals surface area (Å²) in [4.78, 5) is 31.8. The molecule has 0 bridgehead atoms. The number of aryl methyl sites for hydroxylation is 3. The van der Waals surface area contributed by atoms with Gasteiger partial charge in [0.2, 0.25) is 0 Å². The van der Waals surface area contributed by atoms with Crippen LogP contribution in [-0.4, -0.2) is 48.1 Å². The molecule has 0 unspecified atom stereocenters. The second-order valence-electron chi connectivity index (χ2n) is 9.34. The monoisotopic (exact) mass is 482 g/mol. The number of anilines is 2. The summed E-state index contributed by atoms with van der Waals surface area (Å²) < 4.78 is 5.44. The largest absolute Gasteiger partial charge is 0.378 e. The summed E-state index contributed by atoms with van der Waals surface area (Å²) in [5, 5.41) is 6.82. The lowest BCUT2D eigenvalue weighted by Crippen LogP contribution is -2.41. The Kier molecular flexibility index (Phi) is 6.48. The third-order valence-corrected chi connectivity index (χ3v) is 6.35. The molecular weight excluding hydrogens is 452 g/mol. The van der Waals surface area contributed by atoms with Crippen LogP contribution in [0.15, 0.2) is 60.7 Å². The molecule has 2 heterocycles. The Morgan fingerprint density at radius 2 is 1.53 bits per heavy atom. The summed E-state index contributed by atoms with van der Waals surface area (Å²) >= 11 is 0. The van der Waals surface area contributed by atoms with Crippen LogP contribution in [0, 0.1) is 20.8 Å². The second kappa shape index (κ2) is 9.87. The van der Waals surface area contributed by atoms with E-state index in [2.05, 4.69) is 27.8 Å². The van der Waals surface area contributed by atoms with Crippen LogP contribution in [0.1, 0.15) is 27.2 Å². The van der Waals surface area contributed by atoms with Crippen molar-refractivity contribution in [2.45, 2.75) is 20.8 Å². The zero-order valence-corrected chi connectivity index (χ0v) is 20.8. The molecule has 7 nitrogen and oxygen atoms in total. The molecule has 0 spiro atoms. The smallest absolute Gasteiger partial charge is 0.323 e. The fourth-order valence-corrected chi connectivity index (χ4v) is 4.86. The van der Waals surface area contributed by atoms with Crippen molar-refractivity contribution in [3.05, 3.63) is 83.0 Å². The fraction of sp³-hybridized carbons (Fsp3) is 0.241. The van der Waals surface area contributed by atoms with E-state index in [1.165, 1.54) is 0 Å². The van der Waals surface area contributed by atoms with Crippen LogP contribution in [-0.2, 0) is 4.74 Å². The van der Waals surface area contributed by atoms with Crippen LogP contribution in [0.2, 0.25) is 0 Å². The molecule has 36 heavy (non-hydrogen) atoms. The predicted molar refractivity (Wildman–Crippen MR) is 144 cm³/mol. The van der Waals surface area contributed by atoms with Gasteiger partial charge in [0.25, 0.3) is 5.91 Å². The van der Waals surface area contributed by atoms with Crippen LogP contribution in [0.25, 0.3) is 22.0 Å². The number of ether oxygens (including phenoxy) is 1. The van der Waals surface area contributed by atoms with E-state index in [0.717, 1.165) is 38.9 Å². The molecule has 3 N–H and O–H groups in total. The van der Waals surface area contributed by atoms with Crippen molar-refractivity contribution in [2.24, 2.45) is 0 Å². The molecule has 7 heteroatoms. The summed E-state index contributed by atoms with van der Waals surface area (Å²) in [7, 11) is 0. The molecule has 0 atom stereocenters. The minimum Gasteiger partial charge on any atom is -0.378 e. The van der Waals surface area contributed by atoms with Gasteiger partial charge in [0.1, 0.15) is 5.69 Å². The van der Waals surface area contributed by atoms with E-state index in [0.29, 0.717) is 43.2 Å². The summed E-state index contributed by atoms with van der Waals surface area (Å²) in [6.07, 6.45) is 0. The number of morpholine rings is 1. The molecule has 184 valence electrons. The maximum Gasteiger partial charge on any atom is 0.323 e. The van der Waals surface area contributed by atoms with Gasteiger partial charge in [0.05, 0.1) is 24.4 Å².